The molecular formula is C21H20N6O2. The number of amides is 1. The molecule has 2 aromatic heterocycles. The number of H-pyrrole nitrogens is 1. The molecule has 0 saturated heterocycles. The van der Waals surface area contributed by atoms with Gasteiger partial charge in [0.25, 0.3) is 11.5 Å². The number of fused-ring (bicyclic) bond motifs is 1. The molecule has 8 nitrogen and oxygen atoms in total. The number of nitrogens with one attached hydrogen (secondary N) is 3. The lowest BCUT2D eigenvalue weighted by Gasteiger charge is -2.08. The molecule has 146 valence electrons. The molecule has 0 saturated carbocycles. The van der Waals surface area contributed by atoms with E-state index < -0.39 is 0 Å². The Morgan fingerprint density at radius 2 is 1.83 bits per heavy atom. The summed E-state index contributed by atoms with van der Waals surface area (Å²) in [6.07, 6.45) is 1.50. The number of nitrogens with zero attached hydrogens (tertiary/aromatic N) is 3. The molecule has 0 bridgehead atoms. The number of aromatic nitrogens is 4. The van der Waals surface area contributed by atoms with Gasteiger partial charge >= 0.3 is 0 Å². The van der Waals surface area contributed by atoms with Gasteiger partial charge in [-0.1, -0.05) is 35.9 Å². The van der Waals surface area contributed by atoms with Gasteiger partial charge in [0.05, 0.1) is 11.9 Å². The quantitative estimate of drug-likeness (QED) is 0.440. The van der Waals surface area contributed by atoms with Gasteiger partial charge in [-0.3, -0.25) is 14.6 Å². The van der Waals surface area contributed by atoms with Gasteiger partial charge < -0.3 is 10.6 Å². The molecule has 0 aliphatic carbocycles. The number of para-hydroxylation sites is 1. The fourth-order valence-electron chi connectivity index (χ4n) is 2.92. The van der Waals surface area contributed by atoms with Crippen molar-refractivity contribution < 1.29 is 4.79 Å². The number of carbonyl (C=O) groups is 1. The van der Waals surface area contributed by atoms with E-state index in [0.717, 1.165) is 11.3 Å². The summed E-state index contributed by atoms with van der Waals surface area (Å²) in [5.74, 6) is 0.177. The predicted octanol–water partition coefficient (Wildman–Crippen LogP) is 2.26. The van der Waals surface area contributed by atoms with Crippen LogP contribution in [0.25, 0.3) is 16.7 Å². The lowest BCUT2D eigenvalue weighted by Crippen LogP contribution is -2.29. The third-order valence-electron chi connectivity index (χ3n) is 4.46. The number of anilines is 1. The number of hydrogen-bond donors (Lipinski definition) is 3. The Morgan fingerprint density at radius 1 is 1.07 bits per heavy atom. The smallest absolute Gasteiger partial charge is 0.263 e. The van der Waals surface area contributed by atoms with Gasteiger partial charge in [0.1, 0.15) is 5.39 Å². The second kappa shape index (κ2) is 7.97. The molecule has 0 aliphatic rings. The summed E-state index contributed by atoms with van der Waals surface area (Å²) >= 11 is 0. The number of benzene rings is 2. The van der Waals surface area contributed by atoms with Crippen molar-refractivity contribution in [3.8, 4) is 5.69 Å². The van der Waals surface area contributed by atoms with Crippen LogP contribution in [0, 0.1) is 6.92 Å². The zero-order valence-electron chi connectivity index (χ0n) is 15.8. The first-order chi connectivity index (χ1) is 14.1. The molecule has 0 spiro atoms. The van der Waals surface area contributed by atoms with E-state index in [9.17, 15) is 9.59 Å². The van der Waals surface area contributed by atoms with Gasteiger partial charge in [-0.25, -0.2) is 4.68 Å². The second-order valence-corrected chi connectivity index (χ2v) is 6.59. The number of carbonyl (C=O) groups excluding carboxylic acids is 1. The standard InChI is InChI=1S/C21H20N6O2/c1-14-7-9-15(10-8-14)19(28)22-11-12-23-21-25-18-17(20(29)26-21)13-24-27(18)16-5-3-2-4-6-16/h2-10,13H,11-12H2,1H3,(H,22,28)(H2,23,25,26,29). The summed E-state index contributed by atoms with van der Waals surface area (Å²) in [4.78, 5) is 31.7. The van der Waals surface area contributed by atoms with E-state index in [1.807, 2.05) is 49.4 Å². The molecule has 2 aromatic carbocycles. The minimum atomic E-state index is -0.275. The molecule has 4 rings (SSSR count). The van der Waals surface area contributed by atoms with Crippen LogP contribution < -0.4 is 16.2 Å². The molecule has 29 heavy (non-hydrogen) atoms. The molecule has 3 N–H and O–H groups in total. The highest BCUT2D eigenvalue weighted by atomic mass is 16.1. The lowest BCUT2D eigenvalue weighted by atomic mass is 10.1. The molecule has 1 amide bonds. The monoisotopic (exact) mass is 388 g/mol. The van der Waals surface area contributed by atoms with E-state index in [2.05, 4.69) is 25.7 Å². The maximum Gasteiger partial charge on any atom is 0.263 e. The van der Waals surface area contributed by atoms with Crippen molar-refractivity contribution in [1.82, 2.24) is 25.1 Å². The summed E-state index contributed by atoms with van der Waals surface area (Å²) in [6, 6.07) is 16.8. The molecule has 0 radical (unpaired) electrons. The Labute approximate surface area is 166 Å². The first kappa shape index (κ1) is 18.4. The van der Waals surface area contributed by atoms with Crippen molar-refractivity contribution in [2.75, 3.05) is 18.4 Å². The highest BCUT2D eigenvalue weighted by Gasteiger charge is 2.11. The number of hydrogen-bond acceptors (Lipinski definition) is 5. The van der Waals surface area contributed by atoms with E-state index in [0.29, 0.717) is 35.6 Å². The van der Waals surface area contributed by atoms with Gasteiger partial charge in [0.2, 0.25) is 5.95 Å². The van der Waals surface area contributed by atoms with Gasteiger partial charge in [-0.15, -0.1) is 0 Å². The van der Waals surface area contributed by atoms with E-state index in [-0.39, 0.29) is 11.5 Å². The number of rotatable bonds is 6. The van der Waals surface area contributed by atoms with Crippen LogP contribution in [-0.2, 0) is 0 Å². The third kappa shape index (κ3) is 4.01. The summed E-state index contributed by atoms with van der Waals surface area (Å²) in [5, 5.41) is 10.6. The SMILES string of the molecule is Cc1ccc(C(=O)NCCNc2nc3c(cnn3-c3ccccc3)c(=O)[nH]2)cc1. The van der Waals surface area contributed by atoms with E-state index >= 15 is 0 Å². The number of aryl methyl sites for hydroxylation is 1. The fourth-order valence-corrected chi connectivity index (χ4v) is 2.92. The molecule has 2 heterocycles. The van der Waals surface area contributed by atoms with Crippen LogP contribution in [0.15, 0.2) is 65.6 Å². The first-order valence-electron chi connectivity index (χ1n) is 9.24. The van der Waals surface area contributed by atoms with Crippen LogP contribution in [0.2, 0.25) is 0 Å². The van der Waals surface area contributed by atoms with E-state index in [1.165, 1.54) is 6.20 Å². The maximum atomic E-state index is 12.3. The van der Waals surface area contributed by atoms with Crippen molar-refractivity contribution in [3.63, 3.8) is 0 Å². The van der Waals surface area contributed by atoms with Crippen molar-refractivity contribution in [1.29, 1.82) is 0 Å². The Morgan fingerprint density at radius 3 is 2.59 bits per heavy atom. The molecule has 0 unspecified atom stereocenters. The van der Waals surface area contributed by atoms with Crippen molar-refractivity contribution in [2.45, 2.75) is 6.92 Å². The molecule has 0 fully saturated rings. The third-order valence-corrected chi connectivity index (χ3v) is 4.46. The van der Waals surface area contributed by atoms with Crippen LogP contribution >= 0.6 is 0 Å². The largest absolute Gasteiger partial charge is 0.354 e. The fraction of sp³-hybridized carbons (Fsp3) is 0.143. The molecule has 0 aliphatic heterocycles. The molecule has 0 atom stereocenters. The number of aromatic amines is 1. The zero-order chi connectivity index (χ0) is 20.2. The van der Waals surface area contributed by atoms with Crippen LogP contribution in [0.5, 0.6) is 0 Å². The zero-order valence-corrected chi connectivity index (χ0v) is 15.8. The van der Waals surface area contributed by atoms with Gasteiger partial charge in [0.15, 0.2) is 5.65 Å². The average Bonchev–Trinajstić information content (AvgIpc) is 3.17. The second-order valence-electron chi connectivity index (χ2n) is 6.59. The van der Waals surface area contributed by atoms with Crippen molar-refractivity contribution in [2.24, 2.45) is 0 Å². The normalized spacial score (nSPS) is 10.8. The van der Waals surface area contributed by atoms with Crippen LogP contribution in [-0.4, -0.2) is 38.7 Å². The lowest BCUT2D eigenvalue weighted by molar-refractivity contribution is 0.0955. The summed E-state index contributed by atoms with van der Waals surface area (Å²) in [6.45, 7) is 2.76. The molecular weight excluding hydrogens is 368 g/mol. The summed E-state index contributed by atoms with van der Waals surface area (Å²) in [5.41, 5.74) is 2.71. The van der Waals surface area contributed by atoms with Crippen LogP contribution in [0.3, 0.4) is 0 Å². The predicted molar refractivity (Wildman–Crippen MR) is 111 cm³/mol. The Bertz CT molecular complexity index is 1200. The van der Waals surface area contributed by atoms with E-state index in [1.54, 1.807) is 16.8 Å². The first-order valence-corrected chi connectivity index (χ1v) is 9.24. The van der Waals surface area contributed by atoms with Crippen molar-refractivity contribution >= 4 is 22.9 Å². The maximum absolute atomic E-state index is 12.3. The van der Waals surface area contributed by atoms with Gasteiger partial charge in [-0.2, -0.15) is 10.1 Å². The highest BCUT2D eigenvalue weighted by Crippen LogP contribution is 2.14. The van der Waals surface area contributed by atoms with Crippen LogP contribution in [0.1, 0.15) is 15.9 Å². The van der Waals surface area contributed by atoms with Gasteiger partial charge in [0, 0.05) is 18.7 Å². The highest BCUT2D eigenvalue weighted by molar-refractivity contribution is 5.94. The van der Waals surface area contributed by atoms with Crippen molar-refractivity contribution in [3.05, 3.63) is 82.3 Å². The minimum absolute atomic E-state index is 0.147. The minimum Gasteiger partial charge on any atom is -0.354 e. The van der Waals surface area contributed by atoms with Gasteiger partial charge in [-0.05, 0) is 31.2 Å². The molecule has 4 aromatic rings. The average molecular weight is 388 g/mol. The van der Waals surface area contributed by atoms with Crippen LogP contribution in [0.4, 0.5) is 5.95 Å². The molecule has 8 heteroatoms. The Kier molecular flexibility index (Phi) is 5.07. The Balaban J connectivity index is 1.44. The van der Waals surface area contributed by atoms with E-state index in [4.69, 9.17) is 0 Å². The summed E-state index contributed by atoms with van der Waals surface area (Å²) < 4.78 is 1.62. The summed E-state index contributed by atoms with van der Waals surface area (Å²) in [7, 11) is 0. The Hall–Kier alpha value is -3.94. The topological polar surface area (TPSA) is 105 Å².